The van der Waals surface area contributed by atoms with Crippen LogP contribution in [-0.4, -0.2) is 29.5 Å². The third-order valence-corrected chi connectivity index (χ3v) is 5.88. The van der Waals surface area contributed by atoms with Gasteiger partial charge in [-0.3, -0.25) is 4.57 Å². The molecule has 108 valence electrons. The first-order valence-corrected chi connectivity index (χ1v) is 8.74. The summed E-state index contributed by atoms with van der Waals surface area (Å²) in [7, 11) is -2.88. The first kappa shape index (κ1) is 13.7. The Labute approximate surface area is 121 Å². The number of benzene rings is 1. The lowest BCUT2D eigenvalue weighted by Gasteiger charge is -2.22. The summed E-state index contributed by atoms with van der Waals surface area (Å²) in [6, 6.07) is 5.35. The van der Waals surface area contributed by atoms with Crippen molar-refractivity contribution in [2.45, 2.75) is 19.4 Å². The number of fused-ring (bicyclic) bond motifs is 1. The Kier molecular flexibility index (Phi) is 3.38. The van der Waals surface area contributed by atoms with Crippen LogP contribution in [0.5, 0.6) is 0 Å². The van der Waals surface area contributed by atoms with Crippen molar-refractivity contribution in [1.82, 2.24) is 9.55 Å². The molecule has 0 bridgehead atoms. The SMILES string of the molecule is O=c1[nH]c2cccc(Cl)c2n1CC1CCS(=O)(=O)CC1. The van der Waals surface area contributed by atoms with Gasteiger partial charge in [-0.05, 0) is 30.9 Å². The molecule has 20 heavy (non-hydrogen) atoms. The Morgan fingerprint density at radius 1 is 1.30 bits per heavy atom. The minimum atomic E-state index is -2.88. The fourth-order valence-electron chi connectivity index (χ4n) is 2.73. The summed E-state index contributed by atoms with van der Waals surface area (Å²) in [5.74, 6) is 0.622. The van der Waals surface area contributed by atoms with Gasteiger partial charge in [0.05, 0.1) is 27.6 Å². The van der Waals surface area contributed by atoms with E-state index in [4.69, 9.17) is 11.6 Å². The average Bonchev–Trinajstić information content (AvgIpc) is 2.70. The van der Waals surface area contributed by atoms with Gasteiger partial charge in [-0.2, -0.15) is 0 Å². The van der Waals surface area contributed by atoms with E-state index in [2.05, 4.69) is 4.98 Å². The van der Waals surface area contributed by atoms with Crippen LogP contribution >= 0.6 is 11.6 Å². The Morgan fingerprint density at radius 3 is 2.70 bits per heavy atom. The van der Waals surface area contributed by atoms with Crippen molar-refractivity contribution in [1.29, 1.82) is 0 Å². The monoisotopic (exact) mass is 314 g/mol. The fraction of sp³-hybridized carbons (Fsp3) is 0.462. The van der Waals surface area contributed by atoms with Gasteiger partial charge in [-0.25, -0.2) is 13.2 Å². The Hall–Kier alpha value is -1.27. The summed E-state index contributed by atoms with van der Waals surface area (Å²) in [5, 5.41) is 0.532. The first-order valence-electron chi connectivity index (χ1n) is 6.54. The largest absolute Gasteiger partial charge is 0.326 e. The smallest absolute Gasteiger partial charge is 0.305 e. The molecule has 5 nitrogen and oxygen atoms in total. The summed E-state index contributed by atoms with van der Waals surface area (Å²) in [5.41, 5.74) is 1.22. The number of para-hydroxylation sites is 1. The molecule has 1 aromatic carbocycles. The number of hydrogen-bond donors (Lipinski definition) is 1. The summed E-state index contributed by atoms with van der Waals surface area (Å²) in [4.78, 5) is 14.8. The van der Waals surface area contributed by atoms with E-state index in [1.807, 2.05) is 6.07 Å². The van der Waals surface area contributed by atoms with E-state index in [-0.39, 0.29) is 23.1 Å². The molecule has 3 rings (SSSR count). The van der Waals surface area contributed by atoms with Crippen LogP contribution in [0.2, 0.25) is 5.02 Å². The van der Waals surface area contributed by atoms with Crippen LogP contribution in [0.15, 0.2) is 23.0 Å². The second-order valence-electron chi connectivity index (χ2n) is 5.27. The molecule has 1 saturated heterocycles. The number of aromatic amines is 1. The summed E-state index contributed by atoms with van der Waals surface area (Å²) < 4.78 is 24.5. The van der Waals surface area contributed by atoms with E-state index < -0.39 is 9.84 Å². The number of aromatic nitrogens is 2. The maximum Gasteiger partial charge on any atom is 0.326 e. The van der Waals surface area contributed by atoms with Crippen LogP contribution in [0.4, 0.5) is 0 Å². The predicted molar refractivity (Wildman–Crippen MR) is 78.9 cm³/mol. The molecule has 0 radical (unpaired) electrons. The maximum absolute atomic E-state index is 12.0. The van der Waals surface area contributed by atoms with Gasteiger partial charge in [0.2, 0.25) is 0 Å². The molecule has 7 heteroatoms. The summed E-state index contributed by atoms with van der Waals surface area (Å²) in [6.07, 6.45) is 1.21. The quantitative estimate of drug-likeness (QED) is 0.919. The average molecular weight is 315 g/mol. The lowest BCUT2D eigenvalue weighted by molar-refractivity contribution is 0.404. The number of halogens is 1. The van der Waals surface area contributed by atoms with Crippen LogP contribution in [0, 0.1) is 5.92 Å². The van der Waals surface area contributed by atoms with Crippen molar-refractivity contribution in [2.75, 3.05) is 11.5 Å². The van der Waals surface area contributed by atoms with Crippen molar-refractivity contribution >= 4 is 32.5 Å². The third-order valence-electron chi connectivity index (χ3n) is 3.86. The van der Waals surface area contributed by atoms with E-state index >= 15 is 0 Å². The van der Waals surface area contributed by atoms with Gasteiger partial charge in [-0.1, -0.05) is 17.7 Å². The molecule has 0 atom stereocenters. The molecule has 2 aromatic rings. The van der Waals surface area contributed by atoms with E-state index in [9.17, 15) is 13.2 Å². The molecule has 0 aliphatic carbocycles. The van der Waals surface area contributed by atoms with Crippen molar-refractivity contribution in [2.24, 2.45) is 5.92 Å². The lowest BCUT2D eigenvalue weighted by atomic mass is 10.0. The molecule has 1 aromatic heterocycles. The lowest BCUT2D eigenvalue weighted by Crippen LogP contribution is -2.29. The third kappa shape index (κ3) is 2.50. The zero-order chi connectivity index (χ0) is 14.3. The van der Waals surface area contributed by atoms with Crippen molar-refractivity contribution in [3.63, 3.8) is 0 Å². The standard InChI is InChI=1S/C13H15ClN2O3S/c14-10-2-1-3-11-12(10)16(13(17)15-11)8-9-4-6-20(18,19)7-5-9/h1-3,9H,4-8H2,(H,15,17). The highest BCUT2D eigenvalue weighted by Crippen LogP contribution is 2.25. The van der Waals surface area contributed by atoms with Crippen LogP contribution < -0.4 is 5.69 Å². The molecule has 1 aliphatic rings. The Balaban J connectivity index is 1.92. The Bertz CT molecular complexity index is 793. The summed E-state index contributed by atoms with van der Waals surface area (Å²) >= 11 is 6.16. The van der Waals surface area contributed by atoms with Crippen molar-refractivity contribution < 1.29 is 8.42 Å². The highest BCUT2D eigenvalue weighted by Gasteiger charge is 2.25. The van der Waals surface area contributed by atoms with Crippen LogP contribution in [0.3, 0.4) is 0 Å². The number of imidazole rings is 1. The van der Waals surface area contributed by atoms with Crippen molar-refractivity contribution in [3.05, 3.63) is 33.7 Å². The topological polar surface area (TPSA) is 71.9 Å². The second kappa shape index (κ2) is 4.93. The van der Waals surface area contributed by atoms with Crippen LogP contribution in [-0.2, 0) is 16.4 Å². The van der Waals surface area contributed by atoms with Gasteiger partial charge < -0.3 is 4.98 Å². The highest BCUT2D eigenvalue weighted by atomic mass is 35.5. The molecule has 0 unspecified atom stereocenters. The van der Waals surface area contributed by atoms with E-state index in [0.29, 0.717) is 35.4 Å². The maximum atomic E-state index is 12.0. The second-order valence-corrected chi connectivity index (χ2v) is 7.98. The number of sulfone groups is 1. The zero-order valence-corrected chi connectivity index (χ0v) is 12.4. The van der Waals surface area contributed by atoms with Crippen LogP contribution in [0.25, 0.3) is 11.0 Å². The van der Waals surface area contributed by atoms with Gasteiger partial charge in [0, 0.05) is 6.54 Å². The minimum Gasteiger partial charge on any atom is -0.305 e. The van der Waals surface area contributed by atoms with E-state index in [1.54, 1.807) is 16.7 Å². The number of H-pyrrole nitrogens is 1. The normalized spacial score (nSPS) is 19.4. The minimum absolute atomic E-state index is 0.193. The first-order chi connectivity index (χ1) is 9.46. The molecule has 2 heterocycles. The van der Waals surface area contributed by atoms with Crippen molar-refractivity contribution in [3.8, 4) is 0 Å². The van der Waals surface area contributed by atoms with Gasteiger partial charge >= 0.3 is 5.69 Å². The van der Waals surface area contributed by atoms with Gasteiger partial charge in [-0.15, -0.1) is 0 Å². The molecular weight excluding hydrogens is 300 g/mol. The number of nitrogens with one attached hydrogen (secondary N) is 1. The predicted octanol–water partition coefficient (Wildman–Crippen LogP) is 1.81. The van der Waals surface area contributed by atoms with Crippen LogP contribution in [0.1, 0.15) is 12.8 Å². The van der Waals surface area contributed by atoms with Gasteiger partial charge in [0.1, 0.15) is 9.84 Å². The number of hydrogen-bond acceptors (Lipinski definition) is 3. The summed E-state index contributed by atoms with van der Waals surface area (Å²) in [6.45, 7) is 0.512. The molecule has 1 aliphatic heterocycles. The molecule has 0 spiro atoms. The fourth-order valence-corrected chi connectivity index (χ4v) is 4.59. The number of nitrogens with zero attached hydrogens (tertiary/aromatic N) is 1. The Morgan fingerprint density at radius 2 is 2.00 bits per heavy atom. The molecule has 1 fully saturated rings. The number of rotatable bonds is 2. The zero-order valence-electron chi connectivity index (χ0n) is 10.8. The molecule has 0 saturated carbocycles. The van der Waals surface area contributed by atoms with Gasteiger partial charge in [0.25, 0.3) is 0 Å². The van der Waals surface area contributed by atoms with Gasteiger partial charge in [0.15, 0.2) is 0 Å². The van der Waals surface area contributed by atoms with E-state index in [1.165, 1.54) is 0 Å². The molecule has 0 amide bonds. The van der Waals surface area contributed by atoms with E-state index in [0.717, 1.165) is 0 Å². The highest BCUT2D eigenvalue weighted by molar-refractivity contribution is 7.91. The molecule has 1 N–H and O–H groups in total. The molecular formula is C13H15ClN2O3S.